The second kappa shape index (κ2) is 7.09. The van der Waals surface area contributed by atoms with E-state index in [-0.39, 0.29) is 23.8 Å². The molecule has 116 valence electrons. The third-order valence-corrected chi connectivity index (χ3v) is 4.13. The lowest BCUT2D eigenvalue weighted by Gasteiger charge is -2.10. The van der Waals surface area contributed by atoms with Gasteiger partial charge in [-0.2, -0.15) is 0 Å². The maximum atomic E-state index is 11.9. The van der Waals surface area contributed by atoms with E-state index in [1.807, 2.05) is 12.1 Å². The predicted molar refractivity (Wildman–Crippen MR) is 77.0 cm³/mol. The summed E-state index contributed by atoms with van der Waals surface area (Å²) >= 11 is 0. The molecule has 1 N–H and O–H groups in total. The fourth-order valence-electron chi connectivity index (χ4n) is 2.81. The molecule has 3 rings (SSSR count). The molecule has 2 aliphatic rings. The Morgan fingerprint density at radius 1 is 1.48 bits per heavy atom. The first-order valence-corrected chi connectivity index (χ1v) is 7.85. The van der Waals surface area contributed by atoms with Crippen LogP contribution in [0.25, 0.3) is 0 Å². The quantitative estimate of drug-likeness (QED) is 0.746. The van der Waals surface area contributed by atoms with Crippen LogP contribution in [0.5, 0.6) is 0 Å². The van der Waals surface area contributed by atoms with Crippen LogP contribution in [0, 0.1) is 5.92 Å². The molecule has 1 aliphatic carbocycles. The van der Waals surface area contributed by atoms with Gasteiger partial charge >= 0.3 is 0 Å². The highest BCUT2D eigenvalue weighted by molar-refractivity contribution is 5.82. The van der Waals surface area contributed by atoms with Crippen molar-refractivity contribution in [1.29, 1.82) is 0 Å². The maximum absolute atomic E-state index is 11.9. The van der Waals surface area contributed by atoms with E-state index in [0.717, 1.165) is 38.1 Å². The molecule has 3 atom stereocenters. The fourth-order valence-corrected chi connectivity index (χ4v) is 2.81. The number of rotatable bonds is 8. The first-order chi connectivity index (χ1) is 10.3. The molecule has 1 aliphatic heterocycles. The van der Waals surface area contributed by atoms with Crippen molar-refractivity contribution in [2.24, 2.45) is 5.92 Å². The molecule has 0 aromatic carbocycles. The maximum Gasteiger partial charge on any atom is 0.223 e. The molecule has 2 fully saturated rings. The molecular formula is C16H23NO4. The summed E-state index contributed by atoms with van der Waals surface area (Å²) in [4.78, 5) is 11.9. The van der Waals surface area contributed by atoms with Crippen molar-refractivity contribution >= 4 is 5.91 Å². The Bertz CT molecular complexity index is 439. The Morgan fingerprint density at radius 3 is 3.19 bits per heavy atom. The van der Waals surface area contributed by atoms with Crippen LogP contribution in [0.3, 0.4) is 0 Å². The summed E-state index contributed by atoms with van der Waals surface area (Å²) < 4.78 is 16.4. The number of amides is 1. The number of hydrogen-bond donors (Lipinski definition) is 1. The molecule has 5 nitrogen and oxygen atoms in total. The topological polar surface area (TPSA) is 60.7 Å². The fraction of sp³-hybridized carbons (Fsp3) is 0.688. The Morgan fingerprint density at radius 2 is 2.43 bits per heavy atom. The third-order valence-electron chi connectivity index (χ3n) is 4.13. The van der Waals surface area contributed by atoms with Gasteiger partial charge in [-0.05, 0) is 37.8 Å². The van der Waals surface area contributed by atoms with Crippen molar-refractivity contribution in [3.8, 4) is 0 Å². The molecule has 1 saturated heterocycles. The number of hydrogen-bond acceptors (Lipinski definition) is 4. The van der Waals surface area contributed by atoms with Crippen LogP contribution >= 0.6 is 0 Å². The molecular weight excluding hydrogens is 270 g/mol. The smallest absolute Gasteiger partial charge is 0.223 e. The summed E-state index contributed by atoms with van der Waals surface area (Å²) in [5.41, 5.74) is 0. The SMILES string of the molecule is O=C(NCCCOCC1CCCO1)C1CC1c1ccco1. The van der Waals surface area contributed by atoms with Crippen molar-refractivity contribution in [2.75, 3.05) is 26.4 Å². The highest BCUT2D eigenvalue weighted by Gasteiger charge is 2.45. The van der Waals surface area contributed by atoms with Crippen molar-refractivity contribution in [3.05, 3.63) is 24.2 Å². The molecule has 1 amide bonds. The lowest BCUT2D eigenvalue weighted by atomic mass is 10.2. The minimum Gasteiger partial charge on any atom is -0.469 e. The van der Waals surface area contributed by atoms with E-state index in [1.54, 1.807) is 6.26 Å². The molecule has 0 bridgehead atoms. The van der Waals surface area contributed by atoms with Gasteiger partial charge < -0.3 is 19.2 Å². The van der Waals surface area contributed by atoms with E-state index >= 15 is 0 Å². The van der Waals surface area contributed by atoms with Crippen molar-refractivity contribution in [1.82, 2.24) is 5.32 Å². The summed E-state index contributed by atoms with van der Waals surface area (Å²) in [6, 6.07) is 3.81. The standard InChI is InChI=1S/C16H23NO4/c18-16(14-10-13(14)15-5-2-9-21-15)17-6-3-7-19-11-12-4-1-8-20-12/h2,5,9,12-14H,1,3-4,6-8,10-11H2,(H,17,18). The zero-order valence-corrected chi connectivity index (χ0v) is 12.3. The molecule has 1 saturated carbocycles. The van der Waals surface area contributed by atoms with Crippen molar-refractivity contribution in [2.45, 2.75) is 37.7 Å². The van der Waals surface area contributed by atoms with Crippen LogP contribution in [0.2, 0.25) is 0 Å². The molecule has 0 radical (unpaired) electrons. The molecule has 3 unspecified atom stereocenters. The lowest BCUT2D eigenvalue weighted by Crippen LogP contribution is -2.27. The number of ether oxygens (including phenoxy) is 2. The molecule has 0 spiro atoms. The highest BCUT2D eigenvalue weighted by atomic mass is 16.5. The van der Waals surface area contributed by atoms with Crippen LogP contribution in [-0.2, 0) is 14.3 Å². The van der Waals surface area contributed by atoms with Gasteiger partial charge in [0.2, 0.25) is 5.91 Å². The Kier molecular flexibility index (Phi) is 4.93. The van der Waals surface area contributed by atoms with Crippen molar-refractivity contribution in [3.63, 3.8) is 0 Å². The van der Waals surface area contributed by atoms with Gasteiger partial charge in [-0.15, -0.1) is 0 Å². The second-order valence-electron chi connectivity index (χ2n) is 5.82. The van der Waals surface area contributed by atoms with Gasteiger partial charge in [0.25, 0.3) is 0 Å². The zero-order valence-electron chi connectivity index (χ0n) is 12.3. The summed E-state index contributed by atoms with van der Waals surface area (Å²) in [6.45, 7) is 2.89. The monoisotopic (exact) mass is 293 g/mol. The van der Waals surface area contributed by atoms with E-state index in [0.29, 0.717) is 19.8 Å². The van der Waals surface area contributed by atoms with Crippen LogP contribution in [0.4, 0.5) is 0 Å². The molecule has 1 aromatic heterocycles. The first kappa shape index (κ1) is 14.6. The molecule has 21 heavy (non-hydrogen) atoms. The van der Waals surface area contributed by atoms with Crippen molar-refractivity contribution < 1.29 is 18.7 Å². The van der Waals surface area contributed by atoms with Gasteiger partial charge in [-0.25, -0.2) is 0 Å². The number of furan rings is 1. The van der Waals surface area contributed by atoms with Crippen LogP contribution in [0.15, 0.2) is 22.8 Å². The lowest BCUT2D eigenvalue weighted by molar-refractivity contribution is -0.122. The summed E-state index contributed by atoms with van der Waals surface area (Å²) in [5.74, 6) is 1.42. The number of carbonyl (C=O) groups excluding carboxylic acids is 1. The summed E-state index contributed by atoms with van der Waals surface area (Å²) in [5, 5.41) is 2.97. The van der Waals surface area contributed by atoms with Gasteiger partial charge in [0, 0.05) is 31.6 Å². The average molecular weight is 293 g/mol. The Labute approximate surface area is 125 Å². The normalized spacial score (nSPS) is 27.7. The zero-order chi connectivity index (χ0) is 14.5. The first-order valence-electron chi connectivity index (χ1n) is 7.85. The van der Waals surface area contributed by atoms with E-state index in [4.69, 9.17) is 13.9 Å². The van der Waals surface area contributed by atoms with E-state index < -0.39 is 0 Å². The van der Waals surface area contributed by atoms with Gasteiger partial charge in [-0.1, -0.05) is 0 Å². The van der Waals surface area contributed by atoms with Gasteiger partial charge in [0.05, 0.1) is 19.0 Å². The Hall–Kier alpha value is -1.33. The van der Waals surface area contributed by atoms with Crippen LogP contribution in [-0.4, -0.2) is 38.4 Å². The van der Waals surface area contributed by atoms with E-state index in [2.05, 4.69) is 5.32 Å². The summed E-state index contributed by atoms with van der Waals surface area (Å²) in [7, 11) is 0. The molecule has 5 heteroatoms. The van der Waals surface area contributed by atoms with Gasteiger partial charge in [-0.3, -0.25) is 4.79 Å². The van der Waals surface area contributed by atoms with Gasteiger partial charge in [0.15, 0.2) is 0 Å². The third kappa shape index (κ3) is 4.08. The largest absolute Gasteiger partial charge is 0.469 e. The van der Waals surface area contributed by atoms with E-state index in [9.17, 15) is 4.79 Å². The minimum absolute atomic E-state index is 0.0870. The minimum atomic E-state index is 0.0870. The highest BCUT2D eigenvalue weighted by Crippen LogP contribution is 2.47. The number of carbonyl (C=O) groups is 1. The molecule has 1 aromatic rings. The average Bonchev–Trinajstić information content (AvgIpc) is 2.94. The molecule has 2 heterocycles. The van der Waals surface area contributed by atoms with Crippen LogP contribution in [0.1, 0.15) is 37.4 Å². The van der Waals surface area contributed by atoms with Gasteiger partial charge in [0.1, 0.15) is 5.76 Å². The summed E-state index contributed by atoms with van der Waals surface area (Å²) in [6.07, 6.45) is 5.93. The van der Waals surface area contributed by atoms with E-state index in [1.165, 1.54) is 0 Å². The second-order valence-corrected chi connectivity index (χ2v) is 5.82. The Balaban J connectivity index is 1.22. The number of nitrogens with one attached hydrogen (secondary N) is 1. The van der Waals surface area contributed by atoms with Crippen LogP contribution < -0.4 is 5.32 Å². The predicted octanol–water partition coefficient (Wildman–Crippen LogP) is 2.08.